The first kappa shape index (κ1) is 18.7. The first-order valence-electron chi connectivity index (χ1n) is 7.83. The smallest absolute Gasteiger partial charge is 0.407 e. The number of hydrogen-bond acceptors (Lipinski definition) is 4. The van der Waals surface area contributed by atoms with Crippen molar-refractivity contribution in [2.24, 2.45) is 0 Å². The van der Waals surface area contributed by atoms with Gasteiger partial charge in [0, 0.05) is 23.5 Å². The van der Waals surface area contributed by atoms with E-state index in [2.05, 4.69) is 30.7 Å². The third kappa shape index (κ3) is 4.45. The SMILES string of the molecule is CCn1c(COC(=O)NC)nc(C(C)C)c1Sc1cccc(Cl)c1. The van der Waals surface area contributed by atoms with Crippen molar-refractivity contribution in [2.75, 3.05) is 7.05 Å². The molecule has 0 aliphatic heterocycles. The Balaban J connectivity index is 2.36. The van der Waals surface area contributed by atoms with Crippen LogP contribution >= 0.6 is 23.4 Å². The van der Waals surface area contributed by atoms with Crippen LogP contribution in [0.2, 0.25) is 5.02 Å². The summed E-state index contributed by atoms with van der Waals surface area (Å²) >= 11 is 7.72. The maximum Gasteiger partial charge on any atom is 0.407 e. The fraction of sp³-hybridized carbons (Fsp3) is 0.412. The van der Waals surface area contributed by atoms with Crippen LogP contribution in [-0.4, -0.2) is 22.7 Å². The van der Waals surface area contributed by atoms with Gasteiger partial charge in [-0.05, 0) is 31.0 Å². The number of benzene rings is 1. The van der Waals surface area contributed by atoms with Crippen molar-refractivity contribution in [2.45, 2.75) is 49.8 Å². The number of amides is 1. The summed E-state index contributed by atoms with van der Waals surface area (Å²) in [5.74, 6) is 1.01. The molecule has 0 atom stereocenters. The molecule has 0 radical (unpaired) electrons. The maximum atomic E-state index is 11.3. The zero-order chi connectivity index (χ0) is 17.7. The Morgan fingerprint density at radius 3 is 2.79 bits per heavy atom. The normalized spacial score (nSPS) is 10.9. The number of carbonyl (C=O) groups is 1. The molecule has 1 aromatic carbocycles. The highest BCUT2D eigenvalue weighted by Gasteiger charge is 2.20. The highest BCUT2D eigenvalue weighted by atomic mass is 35.5. The molecule has 0 saturated carbocycles. The second-order valence-corrected chi connectivity index (χ2v) is 7.00. The monoisotopic (exact) mass is 367 g/mol. The molecule has 0 aliphatic carbocycles. The van der Waals surface area contributed by atoms with Crippen LogP contribution in [0.3, 0.4) is 0 Å². The zero-order valence-corrected chi connectivity index (χ0v) is 15.9. The molecule has 1 heterocycles. The van der Waals surface area contributed by atoms with Gasteiger partial charge in [0.2, 0.25) is 0 Å². The molecule has 5 nitrogen and oxygen atoms in total. The third-order valence-electron chi connectivity index (χ3n) is 3.44. The second kappa shape index (κ2) is 8.44. The van der Waals surface area contributed by atoms with E-state index < -0.39 is 6.09 Å². The summed E-state index contributed by atoms with van der Waals surface area (Å²) in [5.41, 5.74) is 0.998. The number of carbonyl (C=O) groups excluding carboxylic acids is 1. The maximum absolute atomic E-state index is 11.3. The Kier molecular flexibility index (Phi) is 6.57. The molecule has 0 aliphatic rings. The summed E-state index contributed by atoms with van der Waals surface area (Å²) < 4.78 is 7.26. The number of halogens is 1. The molecule has 0 fully saturated rings. The molecule has 1 aromatic heterocycles. The van der Waals surface area contributed by atoms with Gasteiger partial charge < -0.3 is 14.6 Å². The van der Waals surface area contributed by atoms with Crippen molar-refractivity contribution in [3.05, 3.63) is 40.8 Å². The van der Waals surface area contributed by atoms with Crippen molar-refractivity contribution in [1.29, 1.82) is 0 Å². The summed E-state index contributed by atoms with van der Waals surface area (Å²) in [4.78, 5) is 17.1. The van der Waals surface area contributed by atoms with Gasteiger partial charge in [0.25, 0.3) is 0 Å². The topological polar surface area (TPSA) is 56.1 Å². The van der Waals surface area contributed by atoms with Gasteiger partial charge in [-0.1, -0.05) is 43.3 Å². The predicted molar refractivity (Wildman–Crippen MR) is 96.8 cm³/mol. The van der Waals surface area contributed by atoms with E-state index in [1.54, 1.807) is 11.8 Å². The van der Waals surface area contributed by atoms with Crippen molar-refractivity contribution in [1.82, 2.24) is 14.9 Å². The number of aromatic nitrogens is 2. The Bertz CT molecular complexity index is 716. The molecule has 0 spiro atoms. The lowest BCUT2D eigenvalue weighted by Gasteiger charge is -2.11. The summed E-state index contributed by atoms with van der Waals surface area (Å²) in [6.45, 7) is 7.15. The molecule has 0 saturated heterocycles. The average molecular weight is 368 g/mol. The first-order chi connectivity index (χ1) is 11.5. The van der Waals surface area contributed by atoms with E-state index in [9.17, 15) is 4.79 Å². The van der Waals surface area contributed by atoms with E-state index >= 15 is 0 Å². The van der Waals surface area contributed by atoms with Gasteiger partial charge in [0.1, 0.15) is 10.9 Å². The molecule has 2 rings (SSSR count). The van der Waals surface area contributed by atoms with Crippen LogP contribution in [0.4, 0.5) is 4.79 Å². The van der Waals surface area contributed by atoms with E-state index in [0.29, 0.717) is 5.02 Å². The second-order valence-electron chi connectivity index (χ2n) is 5.50. The Hall–Kier alpha value is -1.66. The lowest BCUT2D eigenvalue weighted by atomic mass is 10.1. The summed E-state index contributed by atoms with van der Waals surface area (Å²) in [7, 11) is 1.54. The largest absolute Gasteiger partial charge is 0.441 e. The van der Waals surface area contributed by atoms with Crippen LogP contribution < -0.4 is 5.32 Å². The lowest BCUT2D eigenvalue weighted by Crippen LogP contribution is -2.20. The average Bonchev–Trinajstić information content (AvgIpc) is 2.90. The molecular formula is C17H22ClN3O2S. The summed E-state index contributed by atoms with van der Waals surface area (Å²) in [5, 5.41) is 4.21. The van der Waals surface area contributed by atoms with E-state index in [1.807, 2.05) is 24.3 Å². The van der Waals surface area contributed by atoms with E-state index in [0.717, 1.165) is 28.0 Å². The quantitative estimate of drug-likeness (QED) is 0.804. The highest BCUT2D eigenvalue weighted by Crippen LogP contribution is 2.35. The first-order valence-corrected chi connectivity index (χ1v) is 9.02. The minimum Gasteiger partial charge on any atom is -0.441 e. The molecule has 130 valence electrons. The van der Waals surface area contributed by atoms with Crippen LogP contribution in [0, 0.1) is 0 Å². The lowest BCUT2D eigenvalue weighted by molar-refractivity contribution is 0.137. The van der Waals surface area contributed by atoms with Crippen LogP contribution in [0.25, 0.3) is 0 Å². The summed E-state index contributed by atoms with van der Waals surface area (Å²) in [6.07, 6.45) is -0.462. The van der Waals surface area contributed by atoms with Gasteiger partial charge in [-0.3, -0.25) is 0 Å². The minimum absolute atomic E-state index is 0.142. The predicted octanol–water partition coefficient (Wildman–Crippen LogP) is 4.69. The van der Waals surface area contributed by atoms with Crippen LogP contribution in [0.5, 0.6) is 0 Å². The third-order valence-corrected chi connectivity index (χ3v) is 4.78. The van der Waals surface area contributed by atoms with Crippen LogP contribution in [0.15, 0.2) is 34.2 Å². The zero-order valence-electron chi connectivity index (χ0n) is 14.3. The van der Waals surface area contributed by atoms with E-state index in [-0.39, 0.29) is 12.5 Å². The Morgan fingerprint density at radius 2 is 2.21 bits per heavy atom. The van der Waals surface area contributed by atoms with Crippen molar-refractivity contribution < 1.29 is 9.53 Å². The molecule has 1 N–H and O–H groups in total. The van der Waals surface area contributed by atoms with E-state index in [4.69, 9.17) is 21.3 Å². The van der Waals surface area contributed by atoms with Gasteiger partial charge >= 0.3 is 6.09 Å². The van der Waals surface area contributed by atoms with Gasteiger partial charge in [0.15, 0.2) is 6.61 Å². The van der Waals surface area contributed by atoms with Gasteiger partial charge in [-0.25, -0.2) is 9.78 Å². The molecule has 0 bridgehead atoms. The minimum atomic E-state index is -0.462. The standard InChI is InChI=1S/C17H22ClN3O2S/c1-5-21-14(10-23-17(22)19-4)20-15(11(2)3)16(21)24-13-8-6-7-12(18)9-13/h6-9,11H,5,10H2,1-4H3,(H,19,22). The van der Waals surface area contributed by atoms with Crippen molar-refractivity contribution in [3.63, 3.8) is 0 Å². The number of nitrogens with one attached hydrogen (secondary N) is 1. The van der Waals surface area contributed by atoms with Gasteiger partial charge in [-0.2, -0.15) is 0 Å². The van der Waals surface area contributed by atoms with Gasteiger partial charge in [-0.15, -0.1) is 0 Å². The number of ether oxygens (including phenoxy) is 1. The number of hydrogen-bond donors (Lipinski definition) is 1. The fourth-order valence-corrected chi connectivity index (χ4v) is 3.81. The number of nitrogens with zero attached hydrogens (tertiary/aromatic N) is 2. The van der Waals surface area contributed by atoms with Crippen molar-refractivity contribution in [3.8, 4) is 0 Å². The summed E-state index contributed by atoms with van der Waals surface area (Å²) in [6, 6.07) is 7.75. The number of imidazole rings is 1. The van der Waals surface area contributed by atoms with Crippen LogP contribution in [0.1, 0.15) is 38.2 Å². The van der Waals surface area contributed by atoms with Gasteiger partial charge in [0.05, 0.1) is 5.69 Å². The molecule has 7 heteroatoms. The molecule has 24 heavy (non-hydrogen) atoms. The molecule has 2 aromatic rings. The van der Waals surface area contributed by atoms with E-state index in [1.165, 1.54) is 7.05 Å². The number of alkyl carbamates (subject to hydrolysis) is 1. The Labute approximate surface area is 151 Å². The molecule has 0 unspecified atom stereocenters. The Morgan fingerprint density at radius 1 is 1.46 bits per heavy atom. The fourth-order valence-electron chi connectivity index (χ4n) is 2.27. The number of rotatable bonds is 6. The highest BCUT2D eigenvalue weighted by molar-refractivity contribution is 7.99. The van der Waals surface area contributed by atoms with Crippen LogP contribution in [-0.2, 0) is 17.9 Å². The van der Waals surface area contributed by atoms with Crippen molar-refractivity contribution >= 4 is 29.5 Å². The molecule has 1 amide bonds. The molecular weight excluding hydrogens is 346 g/mol.